The van der Waals surface area contributed by atoms with Crippen LogP contribution < -0.4 is 15.5 Å². The van der Waals surface area contributed by atoms with Crippen molar-refractivity contribution >= 4 is 40.0 Å². The topological polar surface area (TPSA) is 74.3 Å². The first-order valence-electron chi connectivity index (χ1n) is 10.8. The van der Waals surface area contributed by atoms with Crippen LogP contribution in [0.3, 0.4) is 0 Å². The lowest BCUT2D eigenvalue weighted by Crippen LogP contribution is -2.52. The second-order valence-electron chi connectivity index (χ2n) is 8.19. The quantitative estimate of drug-likeness (QED) is 0.580. The number of fused-ring (bicyclic) bond motifs is 2. The van der Waals surface area contributed by atoms with Crippen LogP contribution in [0.5, 0.6) is 0 Å². The van der Waals surface area contributed by atoms with E-state index in [9.17, 15) is 9.59 Å². The summed E-state index contributed by atoms with van der Waals surface area (Å²) in [6, 6.07) is 14.7. The van der Waals surface area contributed by atoms with E-state index >= 15 is 0 Å². The third-order valence-corrected chi connectivity index (χ3v) is 6.59. The van der Waals surface area contributed by atoms with Gasteiger partial charge in [-0.2, -0.15) is 0 Å². The maximum absolute atomic E-state index is 13.7. The van der Waals surface area contributed by atoms with Gasteiger partial charge in [-0.05, 0) is 62.6 Å². The number of anilines is 1. The van der Waals surface area contributed by atoms with Crippen molar-refractivity contribution < 1.29 is 9.59 Å². The molecule has 32 heavy (non-hydrogen) atoms. The molecule has 0 aliphatic carbocycles. The zero-order valence-electron chi connectivity index (χ0n) is 18.5. The first kappa shape index (κ1) is 22.2. The molecule has 1 aliphatic heterocycles. The molecule has 166 valence electrons. The summed E-state index contributed by atoms with van der Waals surface area (Å²) in [4.78, 5) is 32.5. The zero-order valence-corrected chi connectivity index (χ0v) is 19.2. The second-order valence-corrected chi connectivity index (χ2v) is 8.54. The van der Waals surface area contributed by atoms with E-state index < -0.39 is 6.04 Å². The number of aryl methyl sites for hydroxylation is 1. The Morgan fingerprint density at radius 1 is 1.22 bits per heavy atom. The van der Waals surface area contributed by atoms with Crippen LogP contribution >= 0.6 is 11.6 Å². The van der Waals surface area contributed by atoms with Gasteiger partial charge in [0.15, 0.2) is 0 Å². The van der Waals surface area contributed by atoms with Crippen LogP contribution in [0.25, 0.3) is 10.9 Å². The Kier molecular flexibility index (Phi) is 6.44. The summed E-state index contributed by atoms with van der Waals surface area (Å²) in [5.74, 6) is -0.312. The van der Waals surface area contributed by atoms with Crippen molar-refractivity contribution in [3.63, 3.8) is 0 Å². The van der Waals surface area contributed by atoms with Gasteiger partial charge < -0.3 is 15.5 Å². The van der Waals surface area contributed by atoms with E-state index in [1.807, 2.05) is 55.5 Å². The third kappa shape index (κ3) is 4.20. The number of carbonyl (C=O) groups is 2. The highest BCUT2D eigenvalue weighted by molar-refractivity contribution is 6.30. The molecular weight excluding hydrogens is 424 g/mol. The molecule has 0 saturated heterocycles. The SMILES string of the molecule is CNC(C)C(=O)N[C@H]1CCc2ccccc2N(Cc2c(C)c(Cl)nc3ccccc23)C1=O. The number of carbonyl (C=O) groups excluding carboxylic acids is 2. The largest absolute Gasteiger partial charge is 0.343 e. The van der Waals surface area contributed by atoms with Gasteiger partial charge >= 0.3 is 0 Å². The minimum atomic E-state index is -0.602. The van der Waals surface area contributed by atoms with Gasteiger partial charge in [-0.1, -0.05) is 48.0 Å². The average Bonchev–Trinajstić information content (AvgIpc) is 2.93. The van der Waals surface area contributed by atoms with Crippen LogP contribution in [-0.4, -0.2) is 35.9 Å². The van der Waals surface area contributed by atoms with E-state index in [1.54, 1.807) is 18.9 Å². The second kappa shape index (κ2) is 9.27. The molecule has 2 aromatic carbocycles. The summed E-state index contributed by atoms with van der Waals surface area (Å²) < 4.78 is 0. The first-order valence-corrected chi connectivity index (χ1v) is 11.2. The summed E-state index contributed by atoms with van der Waals surface area (Å²) >= 11 is 6.45. The predicted molar refractivity (Wildman–Crippen MR) is 128 cm³/mol. The van der Waals surface area contributed by atoms with Crippen molar-refractivity contribution in [1.29, 1.82) is 0 Å². The number of nitrogens with one attached hydrogen (secondary N) is 2. The van der Waals surface area contributed by atoms with Gasteiger partial charge in [-0.25, -0.2) is 4.98 Å². The number of likely N-dealkylation sites (N-methyl/N-ethyl adjacent to an activating group) is 1. The Morgan fingerprint density at radius 3 is 2.72 bits per heavy atom. The summed E-state index contributed by atoms with van der Waals surface area (Å²) in [6.07, 6.45) is 1.25. The van der Waals surface area contributed by atoms with Gasteiger partial charge in [0.1, 0.15) is 11.2 Å². The Balaban J connectivity index is 1.77. The molecule has 2 atom stereocenters. The molecule has 2 N–H and O–H groups in total. The van der Waals surface area contributed by atoms with E-state index in [0.29, 0.717) is 24.5 Å². The fourth-order valence-electron chi connectivity index (χ4n) is 4.14. The highest BCUT2D eigenvalue weighted by atomic mass is 35.5. The monoisotopic (exact) mass is 450 g/mol. The molecule has 1 aromatic heterocycles. The molecule has 7 heteroatoms. The molecule has 2 heterocycles. The molecule has 0 bridgehead atoms. The van der Waals surface area contributed by atoms with Gasteiger partial charge in [0, 0.05) is 11.1 Å². The van der Waals surface area contributed by atoms with Gasteiger partial charge in [-0.3, -0.25) is 9.59 Å². The zero-order chi connectivity index (χ0) is 22.8. The van der Waals surface area contributed by atoms with Crippen LogP contribution in [0.4, 0.5) is 5.69 Å². The fourth-order valence-corrected chi connectivity index (χ4v) is 4.35. The summed E-state index contributed by atoms with van der Waals surface area (Å²) in [5, 5.41) is 7.27. The van der Waals surface area contributed by atoms with Crippen LogP contribution in [-0.2, 0) is 22.6 Å². The number of para-hydroxylation sites is 2. The molecule has 0 spiro atoms. The molecule has 0 fully saturated rings. The van der Waals surface area contributed by atoms with E-state index in [1.165, 1.54) is 0 Å². The molecule has 0 radical (unpaired) electrons. The normalized spacial score (nSPS) is 17.1. The number of halogens is 1. The van der Waals surface area contributed by atoms with Crippen molar-refractivity contribution in [2.75, 3.05) is 11.9 Å². The van der Waals surface area contributed by atoms with Gasteiger partial charge in [0.2, 0.25) is 11.8 Å². The molecule has 6 nitrogen and oxygen atoms in total. The first-order chi connectivity index (χ1) is 15.4. The van der Waals surface area contributed by atoms with E-state index in [-0.39, 0.29) is 17.9 Å². The molecule has 1 aliphatic rings. The van der Waals surface area contributed by atoms with Crippen LogP contribution in [0.1, 0.15) is 30.0 Å². The third-order valence-electron chi connectivity index (χ3n) is 6.22. The number of pyridine rings is 1. The predicted octanol–water partition coefficient (Wildman–Crippen LogP) is 3.77. The minimum Gasteiger partial charge on any atom is -0.343 e. The molecular formula is C25H27ClN4O2. The Hall–Kier alpha value is -2.96. The lowest BCUT2D eigenvalue weighted by Gasteiger charge is -2.28. The smallest absolute Gasteiger partial charge is 0.249 e. The summed E-state index contributed by atoms with van der Waals surface area (Å²) in [5.41, 5.74) is 4.55. The molecule has 0 saturated carbocycles. The van der Waals surface area contributed by atoms with Gasteiger partial charge in [0.05, 0.1) is 18.1 Å². The van der Waals surface area contributed by atoms with Crippen LogP contribution in [0.2, 0.25) is 5.15 Å². The molecule has 3 aromatic rings. The summed E-state index contributed by atoms with van der Waals surface area (Å²) in [7, 11) is 1.72. The number of aromatic nitrogens is 1. The maximum atomic E-state index is 13.7. The number of nitrogens with zero attached hydrogens (tertiary/aromatic N) is 2. The summed E-state index contributed by atoms with van der Waals surface area (Å²) in [6.45, 7) is 4.05. The Labute approximate surface area is 193 Å². The van der Waals surface area contributed by atoms with E-state index in [0.717, 1.165) is 33.3 Å². The Bertz CT molecular complexity index is 1180. The van der Waals surface area contributed by atoms with Crippen molar-refractivity contribution in [2.24, 2.45) is 0 Å². The van der Waals surface area contributed by atoms with E-state index in [2.05, 4.69) is 15.6 Å². The number of benzene rings is 2. The van der Waals surface area contributed by atoms with Crippen molar-refractivity contribution in [3.05, 3.63) is 70.4 Å². The lowest BCUT2D eigenvalue weighted by molar-refractivity contribution is -0.128. The molecule has 1 unspecified atom stereocenters. The van der Waals surface area contributed by atoms with Gasteiger partial charge in [-0.15, -0.1) is 0 Å². The molecule has 2 amide bonds. The number of rotatable bonds is 5. The number of hydrogen-bond donors (Lipinski definition) is 2. The maximum Gasteiger partial charge on any atom is 0.249 e. The highest BCUT2D eigenvalue weighted by Gasteiger charge is 2.32. The van der Waals surface area contributed by atoms with Gasteiger partial charge in [0.25, 0.3) is 0 Å². The van der Waals surface area contributed by atoms with E-state index in [4.69, 9.17) is 11.6 Å². The fraction of sp³-hybridized carbons (Fsp3) is 0.320. The standard InChI is InChI=1S/C25H27ClN4O2/c1-15-19(18-9-5-6-10-20(18)28-23(15)26)14-30-22-11-7-4-8-17(22)12-13-21(25(30)32)29-24(31)16(2)27-3/h4-11,16,21,27H,12-14H2,1-3H3,(H,29,31)/t16?,21-/m0/s1. The van der Waals surface area contributed by atoms with Crippen molar-refractivity contribution in [2.45, 2.75) is 45.3 Å². The Morgan fingerprint density at radius 2 is 1.94 bits per heavy atom. The van der Waals surface area contributed by atoms with Crippen molar-refractivity contribution in [1.82, 2.24) is 15.6 Å². The average molecular weight is 451 g/mol. The van der Waals surface area contributed by atoms with Crippen molar-refractivity contribution in [3.8, 4) is 0 Å². The minimum absolute atomic E-state index is 0.122. The number of amides is 2. The number of hydrogen-bond acceptors (Lipinski definition) is 4. The van der Waals surface area contributed by atoms with Crippen LogP contribution in [0.15, 0.2) is 48.5 Å². The van der Waals surface area contributed by atoms with Crippen LogP contribution in [0, 0.1) is 6.92 Å². The lowest BCUT2D eigenvalue weighted by atomic mass is 10.0. The highest BCUT2D eigenvalue weighted by Crippen LogP contribution is 2.32. The molecule has 4 rings (SSSR count).